The van der Waals surface area contributed by atoms with Gasteiger partial charge >= 0.3 is 51.2 Å². The minimum atomic E-state index is -0.500. The summed E-state index contributed by atoms with van der Waals surface area (Å²) in [7, 11) is -1.00. The summed E-state index contributed by atoms with van der Waals surface area (Å²) in [5, 5.41) is 16.5. The number of hydrogen-bond donors (Lipinski definition) is 0. The quantitative estimate of drug-likeness (QED) is 0.329. The van der Waals surface area contributed by atoms with Crippen LogP contribution in [0, 0.1) is 0 Å². The maximum atomic E-state index is 8.25. The molecule has 0 N–H and O–H groups in total. The van der Waals surface area contributed by atoms with Crippen molar-refractivity contribution in [3.63, 3.8) is 0 Å². The molecule has 0 heterocycles. The van der Waals surface area contributed by atoms with Gasteiger partial charge in [-0.25, -0.2) is 0 Å². The third-order valence-corrected chi connectivity index (χ3v) is 0. The minimum absolute atomic E-state index is 0. The first-order valence-electron chi connectivity index (χ1n) is 0.943. The van der Waals surface area contributed by atoms with Gasteiger partial charge in [-0.2, -0.15) is 0 Å². The van der Waals surface area contributed by atoms with Crippen molar-refractivity contribution in [1.29, 1.82) is 0 Å². The minimum Gasteiger partial charge on any atom is 2.00 e. The predicted octanol–water partition coefficient (Wildman–Crippen LogP) is -3.38. The molecule has 7 heteroatoms. The summed E-state index contributed by atoms with van der Waals surface area (Å²) in [6.45, 7) is 0. The second-order valence-electron chi connectivity index (χ2n) is 0.192. The molecule has 37 valence electrons. The molecule has 0 saturated carbocycles. The monoisotopic (exact) mass is 141 g/mol. The van der Waals surface area contributed by atoms with Crippen molar-refractivity contribution in [3.8, 4) is 0 Å². The van der Waals surface area contributed by atoms with Crippen LogP contribution in [0.4, 0.5) is 0 Å². The van der Waals surface area contributed by atoms with E-state index in [-0.39, 0.29) is 17.1 Å². The van der Waals surface area contributed by atoms with Crippen molar-refractivity contribution in [2.24, 2.45) is 0 Å². The zero-order valence-electron chi connectivity index (χ0n) is 3.17. The largest absolute Gasteiger partial charge is 2.00 e. The van der Waals surface area contributed by atoms with Gasteiger partial charge in [-0.3, -0.25) is 0 Å². The SMILES string of the molecule is O=B[O-].O=B[O-].[Mn+2]. The Morgan fingerprint density at radius 1 is 1.00 bits per heavy atom. The standard InChI is InChI=1S/2BO2.Mn/c2*2-1-3;/q2*-1;+2. The Morgan fingerprint density at radius 3 is 1.00 bits per heavy atom. The van der Waals surface area contributed by atoms with E-state index < -0.39 is 14.7 Å². The molecule has 7 heavy (non-hydrogen) atoms. The Morgan fingerprint density at radius 2 is 1.00 bits per heavy atom. The first-order valence-corrected chi connectivity index (χ1v) is 0.943. The third-order valence-electron chi connectivity index (χ3n) is 0. The summed E-state index contributed by atoms with van der Waals surface area (Å²) in [6.07, 6.45) is 0. The molecule has 1 radical (unpaired) electrons. The Balaban J connectivity index is -0.0000000400. The van der Waals surface area contributed by atoms with Crippen molar-refractivity contribution < 1.29 is 36.5 Å². The summed E-state index contributed by atoms with van der Waals surface area (Å²) in [5.41, 5.74) is 0. The van der Waals surface area contributed by atoms with Crippen LogP contribution in [0.5, 0.6) is 0 Å². The Labute approximate surface area is 52.0 Å². The normalized spacial score (nSPS) is 2.29. The average Bonchev–Trinajstić information content (AvgIpc) is 1.39. The van der Waals surface area contributed by atoms with Crippen LogP contribution in [0.25, 0.3) is 0 Å². The van der Waals surface area contributed by atoms with Gasteiger partial charge in [0, 0.05) is 0 Å². The first-order chi connectivity index (χ1) is 2.83. The van der Waals surface area contributed by atoms with Gasteiger partial charge in [-0.05, 0) is 0 Å². The molecular weight excluding hydrogens is 141 g/mol. The second kappa shape index (κ2) is 40.2. The molecule has 0 bridgehead atoms. The molecular formula is B2MnO4. The fourth-order valence-corrected chi connectivity index (χ4v) is 0. The van der Waals surface area contributed by atoms with Gasteiger partial charge in [-0.1, -0.05) is 0 Å². The summed E-state index contributed by atoms with van der Waals surface area (Å²) < 4.78 is 16.5. The van der Waals surface area contributed by atoms with Gasteiger partial charge in [0.05, 0.1) is 0 Å². The average molecular weight is 141 g/mol. The zero-order valence-corrected chi connectivity index (χ0v) is 4.35. The molecule has 0 spiro atoms. The van der Waals surface area contributed by atoms with Gasteiger partial charge in [-0.15, -0.1) is 0 Å². The molecule has 0 aliphatic rings. The molecule has 0 saturated heterocycles. The van der Waals surface area contributed by atoms with E-state index in [1.165, 1.54) is 0 Å². The van der Waals surface area contributed by atoms with Crippen molar-refractivity contribution >= 4 is 14.7 Å². The van der Waals surface area contributed by atoms with Crippen molar-refractivity contribution in [2.75, 3.05) is 0 Å². The van der Waals surface area contributed by atoms with E-state index in [4.69, 9.17) is 19.5 Å². The van der Waals surface area contributed by atoms with Crippen LogP contribution >= 0.6 is 0 Å². The topological polar surface area (TPSA) is 80.3 Å². The molecule has 0 amide bonds. The fourth-order valence-electron chi connectivity index (χ4n) is 0. The summed E-state index contributed by atoms with van der Waals surface area (Å²) in [5.74, 6) is 0. The third kappa shape index (κ3) is 3820. The van der Waals surface area contributed by atoms with E-state index in [2.05, 4.69) is 0 Å². The van der Waals surface area contributed by atoms with E-state index in [0.717, 1.165) is 0 Å². The van der Waals surface area contributed by atoms with Crippen LogP contribution in [-0.2, 0) is 26.5 Å². The summed E-state index contributed by atoms with van der Waals surface area (Å²) in [4.78, 5) is 0. The van der Waals surface area contributed by atoms with Gasteiger partial charge in [0.25, 0.3) is 0 Å². The summed E-state index contributed by atoms with van der Waals surface area (Å²) >= 11 is 0. The number of rotatable bonds is 0. The summed E-state index contributed by atoms with van der Waals surface area (Å²) in [6, 6.07) is 0. The van der Waals surface area contributed by atoms with Crippen LogP contribution in [0.2, 0.25) is 0 Å². The van der Waals surface area contributed by atoms with Crippen LogP contribution in [0.1, 0.15) is 0 Å². The van der Waals surface area contributed by atoms with Crippen LogP contribution in [0.3, 0.4) is 0 Å². The van der Waals surface area contributed by atoms with Crippen LogP contribution in [0.15, 0.2) is 0 Å². The van der Waals surface area contributed by atoms with E-state index >= 15 is 0 Å². The fraction of sp³-hybridized carbons (Fsp3) is 0. The van der Waals surface area contributed by atoms with Gasteiger partial charge in [0.2, 0.25) is 0 Å². The first kappa shape index (κ1) is 15.8. The second-order valence-corrected chi connectivity index (χ2v) is 0.192. The smallest absolute Gasteiger partial charge is 2.00 e. The molecule has 0 aromatic heterocycles. The van der Waals surface area contributed by atoms with E-state index in [0.29, 0.717) is 0 Å². The Bertz CT molecular complexity index is 30.7. The molecule has 0 fully saturated rings. The van der Waals surface area contributed by atoms with Gasteiger partial charge in [0.1, 0.15) is 0 Å². The van der Waals surface area contributed by atoms with E-state index in [1.54, 1.807) is 0 Å². The van der Waals surface area contributed by atoms with Crippen molar-refractivity contribution in [1.82, 2.24) is 0 Å². The zero-order chi connectivity index (χ0) is 5.41. The van der Waals surface area contributed by atoms with Gasteiger partial charge in [0.15, 0.2) is 0 Å². The van der Waals surface area contributed by atoms with Crippen molar-refractivity contribution in [3.05, 3.63) is 0 Å². The Hall–Kier alpha value is -0.151. The Kier molecular flexibility index (Phi) is 90.9. The van der Waals surface area contributed by atoms with Crippen LogP contribution in [-0.4, -0.2) is 14.7 Å². The van der Waals surface area contributed by atoms with E-state index in [1.807, 2.05) is 0 Å². The van der Waals surface area contributed by atoms with Crippen molar-refractivity contribution in [2.45, 2.75) is 0 Å². The molecule has 0 aliphatic heterocycles. The van der Waals surface area contributed by atoms with Crippen LogP contribution < -0.4 is 10.0 Å². The predicted molar refractivity (Wildman–Crippen MR) is 12.9 cm³/mol. The maximum Gasteiger partial charge on any atom is 2.00 e. The molecule has 0 atom stereocenters. The number of hydrogen-bond acceptors (Lipinski definition) is 4. The molecule has 0 rings (SSSR count). The van der Waals surface area contributed by atoms with Gasteiger partial charge < -0.3 is 0 Å². The molecule has 4 nitrogen and oxygen atoms in total. The maximum absolute atomic E-state index is 8.25. The molecule has 0 aromatic carbocycles. The van der Waals surface area contributed by atoms with E-state index in [9.17, 15) is 0 Å². The molecule has 0 aromatic rings. The molecule has 0 aliphatic carbocycles. The molecule has 0 unspecified atom stereocenters.